The number of hydrogen-bond donors (Lipinski definition) is 3. The number of thiazole rings is 1. The van der Waals surface area contributed by atoms with E-state index in [2.05, 4.69) is 15.3 Å². The molecule has 1 aromatic carbocycles. The Morgan fingerprint density at radius 1 is 1.06 bits per heavy atom. The molecule has 0 aliphatic heterocycles. The number of anilines is 4. The van der Waals surface area contributed by atoms with Crippen LogP contribution in [0.25, 0.3) is 10.2 Å². The Kier molecular flexibility index (Phi) is 6.11. The average molecular weight is 481 g/mol. The number of aromatic nitrogens is 4. The van der Waals surface area contributed by atoms with Crippen molar-refractivity contribution < 1.29 is 14.6 Å². The predicted octanol–water partition coefficient (Wildman–Crippen LogP) is 4.06. The van der Waals surface area contributed by atoms with Crippen molar-refractivity contribution in [3.8, 4) is 0 Å². The van der Waals surface area contributed by atoms with Gasteiger partial charge in [0.15, 0.2) is 5.13 Å². The fraction of sp³-hybridized carbons (Fsp3) is 0.333. The molecule has 176 valence electrons. The minimum absolute atomic E-state index is 0.268. The summed E-state index contributed by atoms with van der Waals surface area (Å²) >= 11 is 1.45. The molecule has 1 saturated carbocycles. The Hall–Kier alpha value is -3.21. The topological polar surface area (TPSA) is 107 Å². The van der Waals surface area contributed by atoms with Gasteiger partial charge in [-0.15, -0.1) is 0 Å². The number of rotatable bonds is 6. The lowest BCUT2D eigenvalue weighted by Gasteiger charge is -2.30. The summed E-state index contributed by atoms with van der Waals surface area (Å²) in [5.74, 6) is 0.206. The monoisotopic (exact) mass is 480 g/mol. The summed E-state index contributed by atoms with van der Waals surface area (Å²) in [4.78, 5) is 20.0. The number of halogens is 1. The van der Waals surface area contributed by atoms with Crippen LogP contribution < -0.4 is 10.2 Å². The Bertz CT molecular complexity index is 1260. The van der Waals surface area contributed by atoms with Crippen LogP contribution in [0.5, 0.6) is 0 Å². The molecular weight excluding hydrogens is 455 g/mol. The quantitative estimate of drug-likeness (QED) is 0.379. The van der Waals surface area contributed by atoms with Crippen LogP contribution in [0.15, 0.2) is 48.7 Å². The largest absolute Gasteiger partial charge is 0.390 e. The molecule has 1 fully saturated rings. The zero-order valence-electron chi connectivity index (χ0n) is 18.8. The maximum absolute atomic E-state index is 13.6. The molecular formula is C24H25FN6O2S. The number of nitrogens with one attached hydrogen (secondary N) is 1. The van der Waals surface area contributed by atoms with Gasteiger partial charge in [0.1, 0.15) is 11.9 Å². The third-order valence-corrected chi connectivity index (χ3v) is 7.05. The highest BCUT2D eigenvalue weighted by atomic mass is 32.1. The highest BCUT2D eigenvalue weighted by molar-refractivity contribution is 7.22. The third kappa shape index (κ3) is 4.31. The van der Waals surface area contributed by atoms with E-state index in [0.717, 1.165) is 27.3 Å². The smallest absolute Gasteiger partial charge is 0.229 e. The molecule has 0 saturated heterocycles. The van der Waals surface area contributed by atoms with Crippen molar-refractivity contribution in [2.24, 2.45) is 5.92 Å². The first-order valence-electron chi connectivity index (χ1n) is 11.0. The number of aliphatic hydroxyl groups excluding tert-OH is 2. The zero-order chi connectivity index (χ0) is 23.8. The van der Waals surface area contributed by atoms with Crippen molar-refractivity contribution in [1.82, 2.24) is 19.9 Å². The van der Waals surface area contributed by atoms with E-state index in [1.54, 1.807) is 17.2 Å². The molecule has 0 spiro atoms. The van der Waals surface area contributed by atoms with Crippen molar-refractivity contribution in [1.29, 1.82) is 0 Å². The van der Waals surface area contributed by atoms with E-state index in [9.17, 15) is 14.6 Å². The van der Waals surface area contributed by atoms with Gasteiger partial charge >= 0.3 is 0 Å². The maximum atomic E-state index is 13.6. The summed E-state index contributed by atoms with van der Waals surface area (Å²) in [7, 11) is 0. The first-order valence-corrected chi connectivity index (χ1v) is 11.9. The molecule has 34 heavy (non-hydrogen) atoms. The highest BCUT2D eigenvalue weighted by Gasteiger charge is 2.46. The van der Waals surface area contributed by atoms with Crippen molar-refractivity contribution in [3.05, 3.63) is 60.0 Å². The normalized spacial score (nSPS) is 22.3. The molecule has 4 aromatic rings. The highest BCUT2D eigenvalue weighted by Crippen LogP contribution is 2.40. The number of aliphatic hydroxyl groups is 2. The molecule has 8 nitrogen and oxygen atoms in total. The fourth-order valence-corrected chi connectivity index (χ4v) is 5.49. The second-order valence-corrected chi connectivity index (χ2v) is 9.54. The SMILES string of the molecule is Cc1cc(Nc2nccc(N(c3nc4ccccc4s3)[C@@H]3C[C@H](CF)[C@@H](O)[C@H]3O)n2)cc(C)n1. The van der Waals surface area contributed by atoms with Crippen molar-refractivity contribution in [3.63, 3.8) is 0 Å². The molecule has 0 unspecified atom stereocenters. The number of hydrogen-bond acceptors (Lipinski definition) is 9. The Morgan fingerprint density at radius 3 is 2.53 bits per heavy atom. The standard InChI is InChI=1S/C24H25FN6O2S/c1-13-9-16(10-14(2)27-13)28-23-26-8-7-20(30-23)31(18-11-15(12-25)21(32)22(18)33)24-29-17-5-3-4-6-19(17)34-24/h3-10,15,18,21-22,32-33H,11-12H2,1-2H3,(H,26,27,28,30)/t15-,18-,21-,22+/m1/s1. The predicted molar refractivity (Wildman–Crippen MR) is 131 cm³/mol. The first kappa shape index (κ1) is 22.6. The molecule has 1 aliphatic carbocycles. The fourth-order valence-electron chi connectivity index (χ4n) is 4.46. The van der Waals surface area contributed by atoms with Crippen LogP contribution >= 0.6 is 11.3 Å². The minimum atomic E-state index is -1.16. The molecule has 4 atom stereocenters. The summed E-state index contributed by atoms with van der Waals surface area (Å²) in [6, 6.07) is 12.7. The van der Waals surface area contributed by atoms with Gasteiger partial charge in [0.2, 0.25) is 5.95 Å². The van der Waals surface area contributed by atoms with Gasteiger partial charge in [-0.1, -0.05) is 23.5 Å². The lowest BCUT2D eigenvalue weighted by atomic mass is 10.1. The first-order chi connectivity index (χ1) is 16.4. The van der Waals surface area contributed by atoms with Crippen LogP contribution in [-0.4, -0.2) is 55.1 Å². The lowest BCUT2D eigenvalue weighted by molar-refractivity contribution is 0.0106. The second-order valence-electron chi connectivity index (χ2n) is 8.53. The van der Waals surface area contributed by atoms with Gasteiger partial charge in [0.25, 0.3) is 0 Å². The molecule has 5 rings (SSSR count). The summed E-state index contributed by atoms with van der Waals surface area (Å²) in [5, 5.41) is 25.1. The molecule has 3 N–H and O–H groups in total. The van der Waals surface area contributed by atoms with Crippen LogP contribution in [0.1, 0.15) is 17.8 Å². The number of aryl methyl sites for hydroxylation is 2. The van der Waals surface area contributed by atoms with E-state index >= 15 is 0 Å². The molecule has 10 heteroatoms. The zero-order valence-corrected chi connectivity index (χ0v) is 19.6. The van der Waals surface area contributed by atoms with Crippen LogP contribution in [0, 0.1) is 19.8 Å². The molecule has 0 amide bonds. The Morgan fingerprint density at radius 2 is 1.82 bits per heavy atom. The molecule has 0 bridgehead atoms. The van der Waals surface area contributed by atoms with Crippen molar-refractivity contribution in [2.75, 3.05) is 16.9 Å². The molecule has 3 heterocycles. The van der Waals surface area contributed by atoms with Gasteiger partial charge in [-0.05, 0) is 50.6 Å². The van der Waals surface area contributed by atoms with Gasteiger partial charge in [-0.3, -0.25) is 14.3 Å². The van der Waals surface area contributed by atoms with Crippen LogP contribution in [-0.2, 0) is 0 Å². The number of fused-ring (bicyclic) bond motifs is 1. The second kappa shape index (κ2) is 9.21. The summed E-state index contributed by atoms with van der Waals surface area (Å²) in [5.41, 5.74) is 3.37. The summed E-state index contributed by atoms with van der Waals surface area (Å²) < 4.78 is 14.5. The number of para-hydroxylation sites is 1. The van der Waals surface area contributed by atoms with E-state index in [-0.39, 0.29) is 6.42 Å². The Labute approximate surface area is 200 Å². The number of pyridine rings is 1. The van der Waals surface area contributed by atoms with Crippen LogP contribution in [0.3, 0.4) is 0 Å². The number of alkyl halides is 1. The van der Waals surface area contributed by atoms with Crippen LogP contribution in [0.2, 0.25) is 0 Å². The minimum Gasteiger partial charge on any atom is -0.390 e. The molecule has 1 aliphatic rings. The average Bonchev–Trinajstić information content (AvgIpc) is 3.35. The summed E-state index contributed by atoms with van der Waals surface area (Å²) in [6.07, 6.45) is -0.417. The van der Waals surface area contributed by atoms with Gasteiger partial charge in [-0.25, -0.2) is 9.97 Å². The lowest BCUT2D eigenvalue weighted by Crippen LogP contribution is -2.41. The van der Waals surface area contributed by atoms with E-state index in [0.29, 0.717) is 16.9 Å². The van der Waals surface area contributed by atoms with Crippen molar-refractivity contribution >= 4 is 44.1 Å². The van der Waals surface area contributed by atoms with E-state index in [1.165, 1.54) is 11.3 Å². The number of benzene rings is 1. The van der Waals surface area contributed by atoms with Gasteiger partial charge in [-0.2, -0.15) is 4.98 Å². The van der Waals surface area contributed by atoms with E-state index < -0.39 is 30.8 Å². The maximum Gasteiger partial charge on any atom is 0.229 e. The summed E-state index contributed by atoms with van der Waals surface area (Å²) in [6.45, 7) is 3.12. The molecule has 3 aromatic heterocycles. The number of nitrogens with zero attached hydrogens (tertiary/aromatic N) is 5. The van der Waals surface area contributed by atoms with Gasteiger partial charge in [0.05, 0.1) is 29.0 Å². The van der Waals surface area contributed by atoms with E-state index in [4.69, 9.17) is 9.97 Å². The van der Waals surface area contributed by atoms with Gasteiger partial charge < -0.3 is 15.5 Å². The van der Waals surface area contributed by atoms with E-state index in [1.807, 2.05) is 50.2 Å². The van der Waals surface area contributed by atoms with Crippen molar-refractivity contribution in [2.45, 2.75) is 38.5 Å². The third-order valence-electron chi connectivity index (χ3n) is 6.02. The Balaban J connectivity index is 1.56. The van der Waals surface area contributed by atoms with Crippen LogP contribution in [0.4, 0.5) is 27.0 Å². The van der Waals surface area contributed by atoms with Gasteiger partial charge in [0, 0.05) is 29.2 Å². The molecule has 0 radical (unpaired) electrons.